The van der Waals surface area contributed by atoms with Gasteiger partial charge in [0.25, 0.3) is 11.8 Å². The smallest absolute Gasteiger partial charge is 0.253 e. The van der Waals surface area contributed by atoms with Gasteiger partial charge in [-0.15, -0.1) is 0 Å². The Morgan fingerprint density at radius 3 is 2.43 bits per heavy atom. The molecular weight excluding hydrogens is 386 g/mol. The maximum absolute atomic E-state index is 13.0. The van der Waals surface area contributed by atoms with E-state index >= 15 is 0 Å². The minimum atomic E-state index is -0.488. The Balaban J connectivity index is 1.90. The molecule has 1 fully saturated rings. The van der Waals surface area contributed by atoms with Gasteiger partial charge in [-0.25, -0.2) is 0 Å². The van der Waals surface area contributed by atoms with Gasteiger partial charge in [0.05, 0.1) is 6.04 Å². The maximum atomic E-state index is 13.0. The number of amides is 4. The average Bonchev–Trinajstić information content (AvgIpc) is 3.29. The quantitative estimate of drug-likeness (QED) is 0.511. The zero-order valence-corrected chi connectivity index (χ0v) is 18.2. The fourth-order valence-corrected chi connectivity index (χ4v) is 4.13. The molecule has 2 aliphatic rings. The number of ketones is 1. The molecule has 0 spiro atoms. The molecule has 30 heavy (non-hydrogen) atoms. The van der Waals surface area contributed by atoms with Crippen LogP contribution >= 0.6 is 0 Å². The summed E-state index contributed by atoms with van der Waals surface area (Å²) in [5.74, 6) is -1.12. The van der Waals surface area contributed by atoms with E-state index in [1.54, 1.807) is 4.90 Å². The topological polar surface area (TPSA) is 104 Å². The second kappa shape index (κ2) is 11.0. The Labute approximate surface area is 178 Å². The Morgan fingerprint density at radius 1 is 1.17 bits per heavy atom. The second-order valence-corrected chi connectivity index (χ2v) is 8.40. The van der Waals surface area contributed by atoms with Crippen molar-refractivity contribution in [2.45, 2.75) is 65.3 Å². The van der Waals surface area contributed by atoms with E-state index in [9.17, 15) is 24.0 Å². The van der Waals surface area contributed by atoms with Gasteiger partial charge in [0, 0.05) is 50.5 Å². The molecule has 0 aromatic rings. The monoisotopic (exact) mass is 419 g/mol. The number of hydrogen-bond donors (Lipinski definition) is 1. The predicted octanol–water partition coefficient (Wildman–Crippen LogP) is 1.44. The maximum Gasteiger partial charge on any atom is 0.253 e. The van der Waals surface area contributed by atoms with E-state index in [0.29, 0.717) is 32.4 Å². The molecule has 8 heteroatoms. The van der Waals surface area contributed by atoms with Crippen LogP contribution in [0.1, 0.15) is 59.3 Å². The highest BCUT2D eigenvalue weighted by atomic mass is 16.2. The molecule has 0 radical (unpaired) electrons. The second-order valence-electron chi connectivity index (χ2n) is 8.40. The third-order valence-corrected chi connectivity index (χ3v) is 5.54. The van der Waals surface area contributed by atoms with Crippen LogP contribution in [0.4, 0.5) is 0 Å². The molecule has 0 unspecified atom stereocenters. The number of Topliss-reactive ketones (excluding diaryl/α,β-unsaturated/α-hetero) is 1. The van der Waals surface area contributed by atoms with E-state index in [1.807, 2.05) is 20.8 Å². The van der Waals surface area contributed by atoms with Crippen molar-refractivity contribution in [3.63, 3.8) is 0 Å². The molecule has 2 atom stereocenters. The Kier molecular flexibility index (Phi) is 8.74. The summed E-state index contributed by atoms with van der Waals surface area (Å²) in [5.41, 5.74) is 0. The number of nitrogens with one attached hydrogen (secondary N) is 1. The number of rotatable bonds is 11. The van der Waals surface area contributed by atoms with Crippen LogP contribution in [0, 0.1) is 11.8 Å². The summed E-state index contributed by atoms with van der Waals surface area (Å²) in [6.45, 7) is 7.13. The summed E-state index contributed by atoms with van der Waals surface area (Å²) in [5, 5.41) is 2.81. The molecule has 0 saturated carbocycles. The predicted molar refractivity (Wildman–Crippen MR) is 111 cm³/mol. The number of carbonyl (C=O) groups excluding carboxylic acids is 5. The van der Waals surface area contributed by atoms with Gasteiger partial charge in [0.1, 0.15) is 0 Å². The SMILES string of the molecule is CCNC(=O)[C@@H](CC(=O)[C@@H]1CCCN1C(=O)CCCN1C(=O)C=CC1=O)CC(C)C. The standard InChI is InChI=1S/C22H33N3O5/c1-4-23-22(30)16(13-15(2)3)14-18(26)17-7-5-11-24(17)19(27)8-6-12-25-20(28)9-10-21(25)29/h9-10,15-17H,4-8,11-14H2,1-3H3,(H,23,30)/t16-,17+/m1/s1. The van der Waals surface area contributed by atoms with E-state index in [-0.39, 0.29) is 60.6 Å². The lowest BCUT2D eigenvalue weighted by molar-refractivity contribution is -0.140. The molecule has 0 aromatic heterocycles. The summed E-state index contributed by atoms with van der Waals surface area (Å²) in [6, 6.07) is -0.488. The summed E-state index contributed by atoms with van der Waals surface area (Å²) in [4.78, 5) is 63.9. The number of imide groups is 1. The van der Waals surface area contributed by atoms with Gasteiger partial charge in [0.2, 0.25) is 11.8 Å². The lowest BCUT2D eigenvalue weighted by Crippen LogP contribution is -2.42. The average molecular weight is 420 g/mol. The van der Waals surface area contributed by atoms with Crippen molar-refractivity contribution < 1.29 is 24.0 Å². The van der Waals surface area contributed by atoms with Gasteiger partial charge >= 0.3 is 0 Å². The minimum Gasteiger partial charge on any atom is -0.356 e. The van der Waals surface area contributed by atoms with Gasteiger partial charge in [-0.1, -0.05) is 13.8 Å². The van der Waals surface area contributed by atoms with Crippen LogP contribution in [0.15, 0.2) is 12.2 Å². The van der Waals surface area contributed by atoms with Crippen LogP contribution in [0.25, 0.3) is 0 Å². The molecular formula is C22H33N3O5. The Bertz CT molecular complexity index is 698. The van der Waals surface area contributed by atoms with Gasteiger partial charge in [-0.2, -0.15) is 0 Å². The lowest BCUT2D eigenvalue weighted by atomic mass is 9.89. The third-order valence-electron chi connectivity index (χ3n) is 5.54. The first-order valence-electron chi connectivity index (χ1n) is 10.9. The van der Waals surface area contributed by atoms with Gasteiger partial charge < -0.3 is 10.2 Å². The summed E-state index contributed by atoms with van der Waals surface area (Å²) < 4.78 is 0. The largest absolute Gasteiger partial charge is 0.356 e. The highest BCUT2D eigenvalue weighted by molar-refractivity contribution is 6.12. The highest BCUT2D eigenvalue weighted by Crippen LogP contribution is 2.24. The van der Waals surface area contributed by atoms with E-state index in [1.165, 1.54) is 12.2 Å². The molecule has 8 nitrogen and oxygen atoms in total. The first kappa shape index (κ1) is 23.8. The van der Waals surface area contributed by atoms with Crippen LogP contribution in [0.5, 0.6) is 0 Å². The lowest BCUT2D eigenvalue weighted by Gasteiger charge is -2.26. The molecule has 0 bridgehead atoms. The number of carbonyl (C=O) groups is 5. The van der Waals surface area contributed by atoms with Gasteiger partial charge in [-0.3, -0.25) is 28.9 Å². The molecule has 4 amide bonds. The molecule has 2 heterocycles. The van der Waals surface area contributed by atoms with Crippen LogP contribution in [-0.4, -0.2) is 64.9 Å². The van der Waals surface area contributed by atoms with Crippen molar-refractivity contribution in [3.8, 4) is 0 Å². The molecule has 1 saturated heterocycles. The number of nitrogens with zero attached hydrogens (tertiary/aromatic N) is 2. The first-order chi connectivity index (χ1) is 14.2. The molecule has 166 valence electrons. The summed E-state index contributed by atoms with van der Waals surface area (Å²) in [7, 11) is 0. The van der Waals surface area contributed by atoms with Crippen molar-refractivity contribution >= 4 is 29.4 Å². The van der Waals surface area contributed by atoms with Crippen molar-refractivity contribution in [1.82, 2.24) is 15.1 Å². The summed E-state index contributed by atoms with van der Waals surface area (Å²) in [6.07, 6.45) is 5.12. The van der Waals surface area contributed by atoms with Crippen molar-refractivity contribution in [2.24, 2.45) is 11.8 Å². The zero-order chi connectivity index (χ0) is 22.3. The zero-order valence-electron chi connectivity index (χ0n) is 18.2. The van der Waals surface area contributed by atoms with E-state index in [4.69, 9.17) is 0 Å². The molecule has 2 rings (SSSR count). The fraction of sp³-hybridized carbons (Fsp3) is 0.682. The van der Waals surface area contributed by atoms with Crippen molar-refractivity contribution in [2.75, 3.05) is 19.6 Å². The highest BCUT2D eigenvalue weighted by Gasteiger charge is 2.36. The van der Waals surface area contributed by atoms with Crippen LogP contribution in [0.2, 0.25) is 0 Å². The van der Waals surface area contributed by atoms with E-state index in [2.05, 4.69) is 5.32 Å². The molecule has 1 N–H and O–H groups in total. The minimum absolute atomic E-state index is 0.0631. The van der Waals surface area contributed by atoms with Crippen LogP contribution < -0.4 is 5.32 Å². The fourth-order valence-electron chi connectivity index (χ4n) is 4.13. The van der Waals surface area contributed by atoms with Gasteiger partial charge in [0.15, 0.2) is 5.78 Å². The summed E-state index contributed by atoms with van der Waals surface area (Å²) >= 11 is 0. The van der Waals surface area contributed by atoms with Crippen LogP contribution in [-0.2, 0) is 24.0 Å². The Morgan fingerprint density at radius 2 is 1.83 bits per heavy atom. The van der Waals surface area contributed by atoms with Crippen LogP contribution in [0.3, 0.4) is 0 Å². The molecule has 0 aromatic carbocycles. The molecule has 0 aliphatic carbocycles. The number of hydrogen-bond acceptors (Lipinski definition) is 5. The molecule has 2 aliphatic heterocycles. The Hall–Kier alpha value is -2.51. The van der Waals surface area contributed by atoms with Crippen molar-refractivity contribution in [3.05, 3.63) is 12.2 Å². The normalized spacial score (nSPS) is 19.7. The first-order valence-corrected chi connectivity index (χ1v) is 10.9. The van der Waals surface area contributed by atoms with Crippen molar-refractivity contribution in [1.29, 1.82) is 0 Å². The van der Waals surface area contributed by atoms with E-state index in [0.717, 1.165) is 11.3 Å². The number of likely N-dealkylation sites (tertiary alicyclic amines) is 1. The third kappa shape index (κ3) is 6.24. The van der Waals surface area contributed by atoms with E-state index < -0.39 is 6.04 Å². The van der Waals surface area contributed by atoms with Gasteiger partial charge in [-0.05, 0) is 38.5 Å².